The molecule has 1 aliphatic heterocycles. The van der Waals surface area contributed by atoms with Crippen LogP contribution in [0, 0.1) is 28.1 Å². The zero-order chi connectivity index (χ0) is 95.4. The number of pyridine rings is 2. The molecule has 0 spiro atoms. The van der Waals surface area contributed by atoms with E-state index in [0.29, 0.717) is 62.2 Å². The normalized spacial score (nSPS) is 11.4. The van der Waals surface area contributed by atoms with E-state index in [1.807, 2.05) is 48.5 Å². The van der Waals surface area contributed by atoms with Gasteiger partial charge in [0.1, 0.15) is 0 Å². The summed E-state index contributed by atoms with van der Waals surface area (Å²) in [4.78, 5) is 19.7. The third-order valence-electron chi connectivity index (χ3n) is 19.8. The first-order valence-electron chi connectivity index (χ1n) is 44.1. The summed E-state index contributed by atoms with van der Waals surface area (Å²) in [5.41, 5.74) is 5.09. The topological polar surface area (TPSA) is 212 Å². The molecule has 1 fully saturated rings. The number of carbonyl (C=O) groups is 1. The van der Waals surface area contributed by atoms with Gasteiger partial charge in [-0.1, -0.05) is 420 Å². The van der Waals surface area contributed by atoms with Gasteiger partial charge in [-0.15, -0.1) is 0 Å². The summed E-state index contributed by atoms with van der Waals surface area (Å²) in [6.45, 7) is 13.8. The van der Waals surface area contributed by atoms with Crippen molar-refractivity contribution in [1.29, 1.82) is 10.5 Å². The summed E-state index contributed by atoms with van der Waals surface area (Å²) in [5.74, 6) is 0. The second kappa shape index (κ2) is 66.1. The summed E-state index contributed by atoms with van der Waals surface area (Å²) in [5, 5.41) is 43.4. The van der Waals surface area contributed by atoms with Crippen LogP contribution < -0.4 is 177 Å². The van der Waals surface area contributed by atoms with Gasteiger partial charge in [0, 0.05) is 72.5 Å². The largest absolute Gasteiger partial charge is 1.00 e. The second-order valence-corrected chi connectivity index (χ2v) is 44.2. The molecule has 2 aromatic heterocycles. The number of nitriles is 2. The van der Waals surface area contributed by atoms with Crippen LogP contribution in [0.25, 0.3) is 11.1 Å². The molecule has 16 aromatic rings. The molecule has 0 radical (unpaired) electrons. The monoisotopic (exact) mass is 2150 g/mol. The fourth-order valence-corrected chi connectivity index (χ4v) is 26.6. The Kier molecular flexibility index (Phi) is 56.2. The molecule has 1 aliphatic rings. The Morgan fingerprint density at radius 1 is 0.370 bits per heavy atom. The zero-order valence-corrected chi connectivity index (χ0v) is 93.4. The standard InChI is InChI=1S/4C18H15P.C17H19N2O3P.C12H14BNO2.C10H15BrNO3P.CH2O3.2K.Pd.H/c4*1-4-10-16(11-5-1)19(17-12-6-2-7-13-17)18-14-8-3-9-15-18;1-3-21-23(20,22-4-2)13-16-10-9-15(12-19-16)17-8-6-5-7-14(17)11-18;1-12(2)8-15-13(16-9-12)11-6-4-3-5-10(11)7-14;1-3-14-16(13,15-4-2)8-10-6-5-9(11)7-12-10;2-1-4-3;;;;/h4*1-15H;5-10,12H,3-4,13H2,1-2H3;3-6H,8-9H2,1-2H3;5-7H,3-4,8H2,1-2H3;1,3H;;;;/q;;;;;;;;2*+1;;-1/p-1. The molecule has 0 amide bonds. The van der Waals surface area contributed by atoms with Gasteiger partial charge >= 0.3 is 125 Å². The van der Waals surface area contributed by atoms with Crippen LogP contribution in [0.5, 0.6) is 0 Å². The molecule has 138 heavy (non-hydrogen) atoms. The number of aromatic nitrogens is 2. The molecule has 0 unspecified atom stereocenters. The average Bonchev–Trinajstić information content (AvgIpc) is 0.822. The first kappa shape index (κ1) is 117. The summed E-state index contributed by atoms with van der Waals surface area (Å²) in [6.07, 6.45) is 3.68. The molecule has 0 aliphatic carbocycles. The van der Waals surface area contributed by atoms with Crippen molar-refractivity contribution in [2.24, 2.45) is 5.41 Å². The Morgan fingerprint density at radius 3 is 0.812 bits per heavy atom. The molecule has 17 rings (SSSR count). The molecular weight excluding hydrogens is 2040 g/mol. The first-order valence-corrected chi connectivity index (χ1v) is 53.7. The van der Waals surface area contributed by atoms with Gasteiger partial charge in [-0.2, -0.15) is 10.5 Å². The van der Waals surface area contributed by atoms with Gasteiger partial charge < -0.3 is 39.0 Å². The molecule has 0 bridgehead atoms. The van der Waals surface area contributed by atoms with Crippen molar-refractivity contribution in [3.63, 3.8) is 0 Å². The van der Waals surface area contributed by atoms with Crippen molar-refractivity contribution in [2.75, 3.05) is 39.6 Å². The maximum absolute atomic E-state index is 12.5. The molecule has 696 valence electrons. The van der Waals surface area contributed by atoms with Crippen LogP contribution in [-0.2, 0) is 79.0 Å². The average molecular weight is 2150 g/mol. The van der Waals surface area contributed by atoms with Gasteiger partial charge in [-0.25, -0.2) is 0 Å². The van der Waals surface area contributed by atoms with Crippen molar-refractivity contribution in [3.05, 3.63) is 476 Å². The van der Waals surface area contributed by atoms with E-state index in [-0.39, 0.29) is 149 Å². The Hall–Kier alpha value is -7.79. The van der Waals surface area contributed by atoms with Crippen LogP contribution in [0.2, 0.25) is 0 Å². The van der Waals surface area contributed by atoms with Crippen LogP contribution >= 0.6 is 62.8 Å². The van der Waals surface area contributed by atoms with E-state index < -0.39 is 54.0 Å². The summed E-state index contributed by atoms with van der Waals surface area (Å²) in [6, 6.07) is 156. The second-order valence-electron chi connectivity index (χ2n) is 30.3. The third kappa shape index (κ3) is 39.5. The fraction of sp³-hybridized carbons (Fsp3) is 0.134. The molecule has 15 nitrogen and oxygen atoms in total. The van der Waals surface area contributed by atoms with Gasteiger partial charge in [-0.3, -0.25) is 23.9 Å². The van der Waals surface area contributed by atoms with Crippen molar-refractivity contribution in [3.8, 4) is 23.3 Å². The van der Waals surface area contributed by atoms with E-state index in [2.05, 4.69) is 421 Å². The predicted molar refractivity (Wildman–Crippen MR) is 567 cm³/mol. The number of hydrogen-bond acceptors (Lipinski definition) is 15. The van der Waals surface area contributed by atoms with E-state index in [0.717, 1.165) is 21.1 Å². The Bertz CT molecular complexity index is 5380. The Labute approximate surface area is 929 Å². The van der Waals surface area contributed by atoms with E-state index in [4.69, 9.17) is 48.0 Å². The van der Waals surface area contributed by atoms with Gasteiger partial charge in [-0.05, 0) is 169 Å². The van der Waals surface area contributed by atoms with Gasteiger partial charge in [0.05, 0.1) is 73.4 Å². The van der Waals surface area contributed by atoms with Gasteiger partial charge in [0.25, 0.3) is 6.47 Å². The molecule has 14 aromatic carbocycles. The minimum Gasteiger partial charge on any atom is -1.00 e. The maximum Gasteiger partial charge on any atom is 1.00 e. The number of nitrogens with zero attached hydrogens (tertiary/aromatic N) is 4. The van der Waals surface area contributed by atoms with Crippen LogP contribution in [0.3, 0.4) is 0 Å². The molecule has 0 atom stereocenters. The van der Waals surface area contributed by atoms with Crippen LogP contribution in [0.4, 0.5) is 0 Å². The smallest absolute Gasteiger partial charge is 1.00 e. The summed E-state index contributed by atoms with van der Waals surface area (Å²) < 4.78 is 57.8. The number of halogens is 1. The quantitative estimate of drug-likeness (QED) is 0.0154. The Morgan fingerprint density at radius 2 is 0.594 bits per heavy atom. The van der Waals surface area contributed by atoms with E-state index in [1.54, 1.807) is 64.4 Å². The fourth-order valence-electron chi connectivity index (χ4n) is 13.8. The van der Waals surface area contributed by atoms with Gasteiger partial charge in [0.15, 0.2) is 0 Å². The van der Waals surface area contributed by atoms with E-state index in [1.165, 1.54) is 63.7 Å². The Balaban J connectivity index is 0.000000246. The van der Waals surface area contributed by atoms with Gasteiger partial charge in [0.2, 0.25) is 0 Å². The molecule has 1 saturated heterocycles. The molecule has 0 N–H and O–H groups in total. The van der Waals surface area contributed by atoms with Crippen molar-refractivity contribution >= 4 is 146 Å². The van der Waals surface area contributed by atoms with Crippen molar-refractivity contribution < 1.29 is 176 Å². The minimum absolute atomic E-state index is 0. The first-order chi connectivity index (χ1) is 66.0. The van der Waals surface area contributed by atoms with Crippen LogP contribution in [-0.4, -0.2) is 63.2 Å². The van der Waals surface area contributed by atoms with E-state index in [9.17, 15) is 9.13 Å². The molecule has 3 heterocycles. The van der Waals surface area contributed by atoms with Crippen molar-refractivity contribution in [1.82, 2.24) is 9.97 Å². The van der Waals surface area contributed by atoms with E-state index >= 15 is 0 Å². The zero-order valence-electron chi connectivity index (χ0n) is 79.7. The van der Waals surface area contributed by atoms with Crippen molar-refractivity contribution in [2.45, 2.75) is 53.9 Å². The molecular formula is C112H110BBrK2N4O11P6Pd. The number of hydrogen-bond donors (Lipinski definition) is 0. The number of rotatable bonds is 27. The van der Waals surface area contributed by atoms with Crippen LogP contribution in [0.1, 0.15) is 65.5 Å². The number of benzene rings is 14. The maximum atomic E-state index is 12.5. The summed E-state index contributed by atoms with van der Waals surface area (Å²) in [7, 11) is -8.38. The third-order valence-corrected chi connectivity index (χ3v) is 34.1. The SMILES string of the molecule is CC1(C)COB(c2ccccc2C#N)OC1.CCOP(=O)(Cc1ccc(-c2ccccc2C#N)cn1)OCC.CCOP(=O)(Cc1ccc(Br)cn1)OCC.O=CO[O-].[H-].[K+].[K+].[Pd].c1ccc(P(c2ccccc2)c2ccccc2)cc1.c1ccc(P(c2ccccc2)c2ccccc2)cc1.c1ccc(P(c2ccccc2)c2ccccc2)cc1.c1ccc(P(c2ccccc2)c2ccccc2)cc1. The van der Waals surface area contributed by atoms with Crippen LogP contribution in [0.15, 0.2) is 454 Å². The molecule has 26 heteroatoms. The number of carbonyl (C=O) groups excluding carboxylic acids is 1. The summed E-state index contributed by atoms with van der Waals surface area (Å²) >= 11 is 3.29. The predicted octanol–water partition coefficient (Wildman–Crippen LogP) is 15.7. The minimum atomic E-state index is -3.16. The molecule has 0 saturated carbocycles.